The second-order valence-electron chi connectivity index (χ2n) is 12.1. The second-order valence-corrected chi connectivity index (χ2v) is 13.9. The molecule has 0 spiro atoms. The lowest BCUT2D eigenvalue weighted by Crippen LogP contribution is -2.43. The zero-order chi connectivity index (χ0) is 34.6. The zero-order valence-electron chi connectivity index (χ0n) is 27.8. The quantitative estimate of drug-likeness (QED) is 0.0833. The van der Waals surface area contributed by atoms with Crippen LogP contribution in [0.3, 0.4) is 0 Å². The van der Waals surface area contributed by atoms with E-state index in [1.165, 1.54) is 22.3 Å². The molecule has 0 amide bonds. The molecule has 0 aliphatic rings. The number of benzene rings is 4. The van der Waals surface area contributed by atoms with Crippen LogP contribution >= 0.6 is 48.9 Å². The van der Waals surface area contributed by atoms with Gasteiger partial charge in [-0.2, -0.15) is 0 Å². The molecule has 0 bridgehead atoms. The predicted octanol–water partition coefficient (Wildman–Crippen LogP) is 9.88. The summed E-state index contributed by atoms with van der Waals surface area (Å²) in [5.41, 5.74) is 4.01. The standard InChI is InChI=1S/C41H44O4S4/c46-37(25-21-33-13-5-1-6-14-33)42-29-41(30-43-38(47)26-22-34-15-7-2-8-16-34,31-44-39(48)27-23-35-17-9-3-10-18-35)32-45-40(49)28-24-36-19-11-4-12-20-36/h1-20H,21-32H2. The summed E-state index contributed by atoms with van der Waals surface area (Å²) in [6.45, 7) is 0.796. The van der Waals surface area contributed by atoms with Crippen molar-refractivity contribution in [2.24, 2.45) is 5.41 Å². The van der Waals surface area contributed by atoms with Gasteiger partial charge >= 0.3 is 0 Å². The van der Waals surface area contributed by atoms with Gasteiger partial charge in [0, 0.05) is 25.7 Å². The first kappa shape index (κ1) is 38.2. The maximum atomic E-state index is 6.28. The van der Waals surface area contributed by atoms with Gasteiger partial charge in [-0.05, 0) is 96.8 Å². The molecule has 0 aliphatic carbocycles. The largest absolute Gasteiger partial charge is 0.486 e. The molecular formula is C41H44O4S4. The average Bonchev–Trinajstić information content (AvgIpc) is 3.15. The van der Waals surface area contributed by atoms with Crippen LogP contribution in [-0.2, 0) is 44.6 Å². The summed E-state index contributed by atoms with van der Waals surface area (Å²) in [6, 6.07) is 40.9. The Morgan fingerprint density at radius 2 is 0.551 bits per heavy atom. The van der Waals surface area contributed by atoms with E-state index in [1.54, 1.807) is 0 Å². The van der Waals surface area contributed by atoms with Crippen LogP contribution in [-0.4, -0.2) is 46.6 Å². The highest BCUT2D eigenvalue weighted by atomic mass is 32.1. The van der Waals surface area contributed by atoms with E-state index in [0.717, 1.165) is 25.7 Å². The molecule has 4 rings (SSSR count). The third kappa shape index (κ3) is 15.3. The Hall–Kier alpha value is -3.56. The van der Waals surface area contributed by atoms with Crippen LogP contribution in [0.2, 0.25) is 0 Å². The summed E-state index contributed by atoms with van der Waals surface area (Å²) >= 11 is 22.8. The van der Waals surface area contributed by atoms with Crippen molar-refractivity contribution >= 4 is 69.1 Å². The van der Waals surface area contributed by atoms with Gasteiger partial charge in [-0.15, -0.1) is 0 Å². The molecule has 0 saturated carbocycles. The molecule has 0 radical (unpaired) electrons. The number of hydrogen-bond acceptors (Lipinski definition) is 8. The van der Waals surface area contributed by atoms with Crippen molar-refractivity contribution in [3.05, 3.63) is 144 Å². The molecule has 0 heterocycles. The van der Waals surface area contributed by atoms with E-state index < -0.39 is 5.41 Å². The zero-order valence-corrected chi connectivity index (χ0v) is 31.1. The third-order valence-electron chi connectivity index (χ3n) is 8.00. The normalized spacial score (nSPS) is 10.9. The fourth-order valence-corrected chi connectivity index (χ4v) is 5.68. The fraction of sp³-hybridized carbons (Fsp3) is 0.317. The average molecular weight is 729 g/mol. The first-order valence-electron chi connectivity index (χ1n) is 16.7. The van der Waals surface area contributed by atoms with E-state index in [9.17, 15) is 0 Å². The van der Waals surface area contributed by atoms with Crippen LogP contribution in [0.1, 0.15) is 47.9 Å². The Balaban J connectivity index is 1.44. The molecule has 256 valence electrons. The highest BCUT2D eigenvalue weighted by Crippen LogP contribution is 2.24. The van der Waals surface area contributed by atoms with E-state index in [-0.39, 0.29) is 26.4 Å². The summed E-state index contributed by atoms with van der Waals surface area (Å²) in [6.07, 6.45) is 5.58. The van der Waals surface area contributed by atoms with Crippen LogP contribution in [0.25, 0.3) is 0 Å². The lowest BCUT2D eigenvalue weighted by atomic mass is 9.92. The molecule has 0 N–H and O–H groups in total. The van der Waals surface area contributed by atoms with Gasteiger partial charge in [0.25, 0.3) is 0 Å². The van der Waals surface area contributed by atoms with Gasteiger partial charge in [-0.3, -0.25) is 0 Å². The Bertz CT molecular complexity index is 1340. The van der Waals surface area contributed by atoms with Crippen molar-refractivity contribution in [2.75, 3.05) is 26.4 Å². The molecule has 0 unspecified atom stereocenters. The molecule has 4 nitrogen and oxygen atoms in total. The van der Waals surface area contributed by atoms with Crippen LogP contribution in [0.5, 0.6) is 0 Å². The van der Waals surface area contributed by atoms with Gasteiger partial charge in [0.1, 0.15) is 31.8 Å². The summed E-state index contributed by atoms with van der Waals surface area (Å²) in [4.78, 5) is 0. The summed E-state index contributed by atoms with van der Waals surface area (Å²) in [5.74, 6) is 0. The molecule has 4 aromatic carbocycles. The van der Waals surface area contributed by atoms with Gasteiger partial charge in [-0.1, -0.05) is 121 Å². The van der Waals surface area contributed by atoms with Crippen LogP contribution in [0, 0.1) is 5.41 Å². The number of thiocarbonyl (C=S) groups is 4. The van der Waals surface area contributed by atoms with E-state index in [4.69, 9.17) is 67.8 Å². The van der Waals surface area contributed by atoms with Gasteiger partial charge in [-0.25, -0.2) is 0 Å². The first-order valence-corrected chi connectivity index (χ1v) is 18.3. The van der Waals surface area contributed by atoms with Gasteiger partial charge in [0.15, 0.2) is 20.2 Å². The Labute approximate surface area is 313 Å². The molecule has 0 aromatic heterocycles. The van der Waals surface area contributed by atoms with Crippen molar-refractivity contribution in [2.45, 2.75) is 51.4 Å². The molecule has 49 heavy (non-hydrogen) atoms. The van der Waals surface area contributed by atoms with Crippen LogP contribution in [0.15, 0.2) is 121 Å². The number of ether oxygens (including phenoxy) is 4. The molecular weight excluding hydrogens is 685 g/mol. The van der Waals surface area contributed by atoms with E-state index in [2.05, 4.69) is 48.5 Å². The molecule has 0 saturated heterocycles. The van der Waals surface area contributed by atoms with Crippen LogP contribution < -0.4 is 0 Å². The summed E-state index contributed by atoms with van der Waals surface area (Å²) < 4.78 is 25.1. The minimum Gasteiger partial charge on any atom is -0.486 e. The molecule has 0 aliphatic heterocycles. The SMILES string of the molecule is S=C(CCc1ccccc1)OCC(COC(=S)CCc1ccccc1)(COC(=S)CCc1ccccc1)COC(=S)CCc1ccccc1. The lowest BCUT2D eigenvalue weighted by molar-refractivity contribution is -0.0161. The number of aryl methyl sites for hydroxylation is 4. The Morgan fingerprint density at radius 1 is 0.347 bits per heavy atom. The van der Waals surface area contributed by atoms with Crippen molar-refractivity contribution in [1.29, 1.82) is 0 Å². The Kier molecular flexibility index (Phi) is 16.8. The first-order chi connectivity index (χ1) is 23.9. The monoisotopic (exact) mass is 728 g/mol. The minimum absolute atomic E-state index is 0.199. The van der Waals surface area contributed by atoms with Gasteiger partial charge in [0.2, 0.25) is 0 Å². The molecule has 0 fully saturated rings. The molecule has 8 heteroatoms. The van der Waals surface area contributed by atoms with E-state index >= 15 is 0 Å². The summed E-state index contributed by atoms with van der Waals surface area (Å²) in [7, 11) is 0. The Morgan fingerprint density at radius 3 is 0.755 bits per heavy atom. The van der Waals surface area contributed by atoms with E-state index in [0.29, 0.717) is 45.9 Å². The maximum Gasteiger partial charge on any atom is 0.160 e. The highest BCUT2D eigenvalue weighted by molar-refractivity contribution is 7.80. The third-order valence-corrected chi connectivity index (χ3v) is 9.29. The molecule has 4 aromatic rings. The molecule has 0 atom stereocenters. The van der Waals surface area contributed by atoms with Crippen LogP contribution in [0.4, 0.5) is 0 Å². The lowest BCUT2D eigenvalue weighted by Gasteiger charge is -2.33. The van der Waals surface area contributed by atoms with Crippen molar-refractivity contribution < 1.29 is 18.9 Å². The summed E-state index contributed by atoms with van der Waals surface area (Å²) in [5, 5.41) is 2.05. The number of rotatable bonds is 20. The van der Waals surface area contributed by atoms with E-state index in [1.807, 2.05) is 72.8 Å². The predicted molar refractivity (Wildman–Crippen MR) is 216 cm³/mol. The maximum absolute atomic E-state index is 6.28. The van der Waals surface area contributed by atoms with Gasteiger partial charge < -0.3 is 18.9 Å². The van der Waals surface area contributed by atoms with Crippen molar-refractivity contribution in [3.8, 4) is 0 Å². The van der Waals surface area contributed by atoms with Crippen molar-refractivity contribution in [3.63, 3.8) is 0 Å². The second kappa shape index (κ2) is 21.5. The topological polar surface area (TPSA) is 36.9 Å². The van der Waals surface area contributed by atoms with Crippen molar-refractivity contribution in [1.82, 2.24) is 0 Å². The minimum atomic E-state index is -0.790. The smallest absolute Gasteiger partial charge is 0.160 e. The van der Waals surface area contributed by atoms with Gasteiger partial charge in [0.05, 0.1) is 0 Å². The number of hydrogen-bond donors (Lipinski definition) is 0. The highest BCUT2D eigenvalue weighted by Gasteiger charge is 2.36. The fourth-order valence-electron chi connectivity index (χ4n) is 5.04.